The molecule has 0 fully saturated rings. The molecule has 3 aromatic rings. The Morgan fingerprint density at radius 1 is 1.15 bits per heavy atom. The maximum atomic E-state index is 12.2. The summed E-state index contributed by atoms with van der Waals surface area (Å²) in [4.78, 5) is 28.6. The molecular weight excluding hydrogens is 362 g/mol. The second-order valence-corrected chi connectivity index (χ2v) is 7.25. The molecule has 0 unspecified atom stereocenters. The van der Waals surface area contributed by atoms with E-state index < -0.39 is 0 Å². The molecule has 6 nitrogen and oxygen atoms in total. The highest BCUT2D eigenvalue weighted by molar-refractivity contribution is 7.13. The minimum absolute atomic E-state index is 0.0826. The number of rotatable bonds is 6. The van der Waals surface area contributed by atoms with Crippen molar-refractivity contribution in [2.24, 2.45) is 0 Å². The topological polar surface area (TPSA) is 84.2 Å². The van der Waals surface area contributed by atoms with Gasteiger partial charge in [-0.3, -0.25) is 9.59 Å². The molecule has 2 aromatic heterocycles. The van der Waals surface area contributed by atoms with E-state index in [9.17, 15) is 9.59 Å². The van der Waals surface area contributed by atoms with Gasteiger partial charge in [-0.1, -0.05) is 17.7 Å². The molecule has 3 rings (SSSR count). The molecule has 0 radical (unpaired) electrons. The fourth-order valence-corrected chi connectivity index (χ4v) is 3.65. The van der Waals surface area contributed by atoms with Gasteiger partial charge in [0.2, 0.25) is 11.8 Å². The maximum Gasteiger partial charge on any atom is 0.243 e. The molecule has 140 valence electrons. The first-order valence-electron chi connectivity index (χ1n) is 8.55. The Hall–Kier alpha value is -2.93. The van der Waals surface area contributed by atoms with E-state index >= 15 is 0 Å². The summed E-state index contributed by atoms with van der Waals surface area (Å²) in [5, 5.41) is 8.05. The van der Waals surface area contributed by atoms with Crippen LogP contribution < -0.4 is 10.6 Å². The first kappa shape index (κ1) is 18.8. The normalized spacial score (nSPS) is 10.6. The average molecular weight is 383 g/mol. The number of aromatic nitrogens is 1. The highest BCUT2D eigenvalue weighted by Gasteiger charge is 2.13. The zero-order valence-corrected chi connectivity index (χ0v) is 16.3. The summed E-state index contributed by atoms with van der Waals surface area (Å²) in [6.07, 6.45) is 1.70. The van der Waals surface area contributed by atoms with Crippen LogP contribution in [-0.4, -0.2) is 23.3 Å². The number of nitrogens with zero attached hydrogens (tertiary/aromatic N) is 1. The molecule has 0 aliphatic heterocycles. The molecule has 0 spiro atoms. The summed E-state index contributed by atoms with van der Waals surface area (Å²) in [6, 6.07) is 7.64. The van der Waals surface area contributed by atoms with Crippen LogP contribution in [0.25, 0.3) is 10.8 Å². The molecule has 0 saturated heterocycles. The van der Waals surface area contributed by atoms with Crippen LogP contribution in [0.5, 0.6) is 0 Å². The smallest absolute Gasteiger partial charge is 0.243 e. The lowest BCUT2D eigenvalue weighted by Crippen LogP contribution is -2.34. The summed E-state index contributed by atoms with van der Waals surface area (Å²) in [5.74, 6) is 0.168. The Kier molecular flexibility index (Phi) is 5.71. The van der Waals surface area contributed by atoms with Crippen LogP contribution in [0.15, 0.2) is 40.3 Å². The number of furan rings is 1. The second kappa shape index (κ2) is 8.18. The second-order valence-electron chi connectivity index (χ2n) is 6.40. The lowest BCUT2D eigenvalue weighted by Gasteiger charge is -2.13. The van der Waals surface area contributed by atoms with Crippen molar-refractivity contribution < 1.29 is 14.0 Å². The number of benzene rings is 1. The highest BCUT2D eigenvalue weighted by Crippen LogP contribution is 2.24. The third-order valence-electron chi connectivity index (χ3n) is 4.01. The monoisotopic (exact) mass is 383 g/mol. The van der Waals surface area contributed by atoms with E-state index in [0.29, 0.717) is 11.5 Å². The molecule has 2 N–H and O–H groups in total. The van der Waals surface area contributed by atoms with E-state index in [4.69, 9.17) is 4.42 Å². The maximum absolute atomic E-state index is 12.2. The number of hydrogen-bond donors (Lipinski definition) is 2. The molecule has 27 heavy (non-hydrogen) atoms. The predicted octanol–water partition coefficient (Wildman–Crippen LogP) is 3.63. The first-order valence-corrected chi connectivity index (χ1v) is 9.43. The number of nitrogens with one attached hydrogen (secondary N) is 2. The standard InChI is InChI=1S/C20H21N3O3S/c1-12-7-13(2)19(14(3)8-12)23-18(25)10-21-17(24)9-15-11-27-20(22-15)16-5-4-6-26-16/h4-8,11H,9-10H2,1-3H3,(H,21,24)(H,23,25). The van der Waals surface area contributed by atoms with Crippen molar-refractivity contribution in [2.45, 2.75) is 27.2 Å². The summed E-state index contributed by atoms with van der Waals surface area (Å²) in [7, 11) is 0. The number of carbonyl (C=O) groups is 2. The minimum atomic E-state index is -0.257. The van der Waals surface area contributed by atoms with Crippen LogP contribution in [-0.2, 0) is 16.0 Å². The van der Waals surface area contributed by atoms with Crippen LogP contribution in [0.2, 0.25) is 0 Å². The summed E-state index contributed by atoms with van der Waals surface area (Å²) < 4.78 is 5.29. The third-order valence-corrected chi connectivity index (χ3v) is 4.92. The van der Waals surface area contributed by atoms with Crippen LogP contribution in [0, 0.1) is 20.8 Å². The fraction of sp³-hybridized carbons (Fsp3) is 0.250. The van der Waals surface area contributed by atoms with Crippen molar-refractivity contribution in [1.82, 2.24) is 10.3 Å². The van der Waals surface area contributed by atoms with Gasteiger partial charge in [0.05, 0.1) is 24.9 Å². The largest absolute Gasteiger partial charge is 0.462 e. The van der Waals surface area contributed by atoms with Crippen molar-refractivity contribution in [1.29, 1.82) is 0 Å². The molecule has 7 heteroatoms. The average Bonchev–Trinajstić information content (AvgIpc) is 3.27. The zero-order valence-electron chi connectivity index (χ0n) is 15.5. The van der Waals surface area contributed by atoms with E-state index in [1.165, 1.54) is 11.3 Å². The third kappa shape index (κ3) is 4.83. The summed E-state index contributed by atoms with van der Waals surface area (Å²) in [5.41, 5.74) is 4.59. The van der Waals surface area contributed by atoms with E-state index in [-0.39, 0.29) is 24.8 Å². The van der Waals surface area contributed by atoms with Crippen LogP contribution in [0.3, 0.4) is 0 Å². The Balaban J connectivity index is 1.51. The molecule has 0 atom stereocenters. The van der Waals surface area contributed by atoms with Crippen molar-refractivity contribution in [3.05, 3.63) is 58.3 Å². The van der Waals surface area contributed by atoms with E-state index in [1.807, 2.05) is 44.4 Å². The van der Waals surface area contributed by atoms with Gasteiger partial charge < -0.3 is 15.1 Å². The van der Waals surface area contributed by atoms with Crippen LogP contribution in [0.4, 0.5) is 5.69 Å². The zero-order chi connectivity index (χ0) is 19.4. The Morgan fingerprint density at radius 2 is 1.89 bits per heavy atom. The lowest BCUT2D eigenvalue weighted by molar-refractivity contribution is -0.123. The molecule has 2 heterocycles. The number of carbonyl (C=O) groups excluding carboxylic acids is 2. The van der Waals surface area contributed by atoms with Crippen molar-refractivity contribution >= 4 is 28.8 Å². The summed E-state index contributed by atoms with van der Waals surface area (Å²) in [6.45, 7) is 5.84. The molecule has 1 aromatic carbocycles. The van der Waals surface area contributed by atoms with Gasteiger partial charge in [-0.05, 0) is 44.0 Å². The van der Waals surface area contributed by atoms with Crippen molar-refractivity contribution in [2.75, 3.05) is 11.9 Å². The van der Waals surface area contributed by atoms with Crippen LogP contribution >= 0.6 is 11.3 Å². The van der Waals surface area contributed by atoms with Crippen molar-refractivity contribution in [3.63, 3.8) is 0 Å². The Labute approximate surface area is 161 Å². The quantitative estimate of drug-likeness (QED) is 0.681. The number of aryl methyl sites for hydroxylation is 3. The minimum Gasteiger partial charge on any atom is -0.462 e. The van der Waals surface area contributed by atoms with Gasteiger partial charge in [-0.25, -0.2) is 4.98 Å². The van der Waals surface area contributed by atoms with Crippen molar-refractivity contribution in [3.8, 4) is 10.8 Å². The van der Waals surface area contributed by atoms with Gasteiger partial charge in [-0.2, -0.15) is 0 Å². The highest BCUT2D eigenvalue weighted by atomic mass is 32.1. The van der Waals surface area contributed by atoms with Crippen LogP contribution in [0.1, 0.15) is 22.4 Å². The van der Waals surface area contributed by atoms with E-state index in [2.05, 4.69) is 15.6 Å². The molecule has 0 aliphatic carbocycles. The van der Waals surface area contributed by atoms with Gasteiger partial charge in [0, 0.05) is 11.1 Å². The summed E-state index contributed by atoms with van der Waals surface area (Å²) >= 11 is 1.42. The molecule has 2 amide bonds. The fourth-order valence-electron chi connectivity index (χ4n) is 2.87. The van der Waals surface area contributed by atoms with Gasteiger partial charge >= 0.3 is 0 Å². The molecule has 0 bridgehead atoms. The first-order chi connectivity index (χ1) is 12.9. The Morgan fingerprint density at radius 3 is 2.56 bits per heavy atom. The van der Waals surface area contributed by atoms with Gasteiger partial charge in [-0.15, -0.1) is 11.3 Å². The molecular formula is C20H21N3O3S. The van der Waals surface area contributed by atoms with Gasteiger partial charge in [0.15, 0.2) is 10.8 Å². The number of amides is 2. The number of hydrogen-bond acceptors (Lipinski definition) is 5. The SMILES string of the molecule is Cc1cc(C)c(NC(=O)CNC(=O)Cc2csc(-c3ccco3)n2)c(C)c1. The lowest BCUT2D eigenvalue weighted by atomic mass is 10.1. The van der Waals surface area contributed by atoms with Gasteiger partial charge in [0.25, 0.3) is 0 Å². The van der Waals surface area contributed by atoms with E-state index in [1.54, 1.807) is 12.3 Å². The Bertz CT molecular complexity index is 938. The predicted molar refractivity (Wildman–Crippen MR) is 106 cm³/mol. The number of anilines is 1. The number of thiazole rings is 1. The van der Waals surface area contributed by atoms with Gasteiger partial charge in [0.1, 0.15) is 0 Å². The van der Waals surface area contributed by atoms with E-state index in [0.717, 1.165) is 27.4 Å². The molecule has 0 aliphatic rings. The molecule has 0 saturated carbocycles.